The van der Waals surface area contributed by atoms with Gasteiger partial charge < -0.3 is 21.3 Å². The number of aliphatic hydroxyl groups is 1. The number of aliphatic carboxylic acids is 1. The SMILES string of the molecule is C/C=C\C1CC(CC(=O)O)NC1C(N)[C@@H](O)CCC. The minimum absolute atomic E-state index is 0.0536. The summed E-state index contributed by atoms with van der Waals surface area (Å²) in [7, 11) is 0. The van der Waals surface area contributed by atoms with Gasteiger partial charge in [0.2, 0.25) is 0 Å². The molecule has 0 bridgehead atoms. The molecule has 110 valence electrons. The minimum atomic E-state index is -0.806. The van der Waals surface area contributed by atoms with Gasteiger partial charge in [-0.1, -0.05) is 25.5 Å². The molecule has 0 aromatic carbocycles. The fourth-order valence-electron chi connectivity index (χ4n) is 2.86. The molecule has 0 saturated carbocycles. The zero-order valence-electron chi connectivity index (χ0n) is 11.7. The summed E-state index contributed by atoms with van der Waals surface area (Å²) < 4.78 is 0. The number of nitrogens with one attached hydrogen (secondary N) is 1. The molecule has 0 aromatic rings. The zero-order valence-corrected chi connectivity index (χ0v) is 11.7. The van der Waals surface area contributed by atoms with Crippen molar-refractivity contribution in [3.63, 3.8) is 0 Å². The molecule has 1 aliphatic rings. The maximum atomic E-state index is 10.8. The van der Waals surface area contributed by atoms with Crippen LogP contribution in [0.15, 0.2) is 12.2 Å². The molecule has 0 radical (unpaired) electrons. The lowest BCUT2D eigenvalue weighted by atomic mass is 9.89. The number of hydrogen-bond donors (Lipinski definition) is 4. The van der Waals surface area contributed by atoms with Crippen LogP contribution in [0.3, 0.4) is 0 Å². The molecule has 5 N–H and O–H groups in total. The molecule has 0 spiro atoms. The van der Waals surface area contributed by atoms with Crippen LogP contribution < -0.4 is 11.1 Å². The third kappa shape index (κ3) is 4.60. The summed E-state index contributed by atoms with van der Waals surface area (Å²) in [5, 5.41) is 22.2. The van der Waals surface area contributed by atoms with E-state index in [0.29, 0.717) is 6.42 Å². The Morgan fingerprint density at radius 3 is 2.79 bits per heavy atom. The van der Waals surface area contributed by atoms with Crippen molar-refractivity contribution in [2.45, 2.75) is 63.8 Å². The number of aliphatic hydroxyl groups excluding tert-OH is 1. The number of carboxylic acids is 1. The highest BCUT2D eigenvalue weighted by Gasteiger charge is 2.38. The number of carboxylic acid groups (broad SMARTS) is 1. The predicted octanol–water partition coefficient (Wildman–Crippen LogP) is 0.872. The summed E-state index contributed by atoms with van der Waals surface area (Å²) in [6.07, 6.45) is 5.88. The average Bonchev–Trinajstić information content (AvgIpc) is 2.71. The fourth-order valence-corrected chi connectivity index (χ4v) is 2.86. The van der Waals surface area contributed by atoms with Gasteiger partial charge in [-0.3, -0.25) is 4.79 Å². The van der Waals surface area contributed by atoms with E-state index in [1.165, 1.54) is 0 Å². The van der Waals surface area contributed by atoms with Crippen LogP contribution in [-0.4, -0.2) is 40.4 Å². The normalized spacial score (nSPS) is 30.6. The monoisotopic (exact) mass is 270 g/mol. The van der Waals surface area contributed by atoms with E-state index in [9.17, 15) is 9.90 Å². The fraction of sp³-hybridized carbons (Fsp3) is 0.786. The first-order valence-corrected chi connectivity index (χ1v) is 7.03. The van der Waals surface area contributed by atoms with Crippen LogP contribution in [0.2, 0.25) is 0 Å². The molecule has 1 rings (SSSR count). The summed E-state index contributed by atoms with van der Waals surface area (Å²) >= 11 is 0. The smallest absolute Gasteiger partial charge is 0.304 e. The summed E-state index contributed by atoms with van der Waals surface area (Å²) in [5.74, 6) is -0.615. The van der Waals surface area contributed by atoms with Gasteiger partial charge >= 0.3 is 5.97 Å². The first-order valence-electron chi connectivity index (χ1n) is 7.03. The summed E-state index contributed by atoms with van der Waals surface area (Å²) in [5.41, 5.74) is 6.13. The number of allylic oxidation sites excluding steroid dienone is 1. The first-order chi connectivity index (χ1) is 8.99. The summed E-state index contributed by atoms with van der Waals surface area (Å²) in [4.78, 5) is 10.8. The largest absolute Gasteiger partial charge is 0.481 e. The van der Waals surface area contributed by atoms with Crippen molar-refractivity contribution >= 4 is 5.97 Å². The van der Waals surface area contributed by atoms with Gasteiger partial charge in [0.25, 0.3) is 0 Å². The molecule has 1 heterocycles. The van der Waals surface area contributed by atoms with Gasteiger partial charge in [0.05, 0.1) is 12.5 Å². The zero-order chi connectivity index (χ0) is 14.4. The standard InChI is InChI=1S/C14H26N2O3/c1-3-5-9-7-10(8-12(18)19)16-14(9)13(15)11(17)6-4-2/h3,5,9-11,13-14,16-17H,4,6-8,15H2,1-2H3,(H,18,19)/b5-3-/t9?,10?,11-,13?,14?/m0/s1. The number of carbonyl (C=O) groups is 1. The summed E-state index contributed by atoms with van der Waals surface area (Å²) in [6.45, 7) is 3.95. The third-order valence-electron chi connectivity index (χ3n) is 3.75. The summed E-state index contributed by atoms with van der Waals surface area (Å²) in [6, 6.07) is -0.481. The van der Waals surface area contributed by atoms with E-state index < -0.39 is 12.1 Å². The Balaban J connectivity index is 2.69. The van der Waals surface area contributed by atoms with Crippen molar-refractivity contribution in [3.8, 4) is 0 Å². The molecule has 0 aliphatic carbocycles. The van der Waals surface area contributed by atoms with Crippen molar-refractivity contribution < 1.29 is 15.0 Å². The van der Waals surface area contributed by atoms with Crippen LogP contribution >= 0.6 is 0 Å². The highest BCUT2D eigenvalue weighted by Crippen LogP contribution is 2.27. The molecule has 5 atom stereocenters. The average molecular weight is 270 g/mol. The lowest BCUT2D eigenvalue weighted by molar-refractivity contribution is -0.137. The van der Waals surface area contributed by atoms with Crippen LogP contribution in [0.25, 0.3) is 0 Å². The molecule has 5 heteroatoms. The van der Waals surface area contributed by atoms with Gasteiger partial charge in [-0.25, -0.2) is 0 Å². The van der Waals surface area contributed by atoms with Crippen LogP contribution in [0, 0.1) is 5.92 Å². The second kappa shape index (κ2) is 7.62. The van der Waals surface area contributed by atoms with E-state index in [2.05, 4.69) is 11.4 Å². The molecular formula is C14H26N2O3. The highest BCUT2D eigenvalue weighted by molar-refractivity contribution is 5.67. The molecule has 5 nitrogen and oxygen atoms in total. The van der Waals surface area contributed by atoms with Crippen molar-refractivity contribution in [2.75, 3.05) is 0 Å². The van der Waals surface area contributed by atoms with Crippen molar-refractivity contribution in [2.24, 2.45) is 11.7 Å². The number of hydrogen-bond acceptors (Lipinski definition) is 4. The van der Waals surface area contributed by atoms with Crippen molar-refractivity contribution in [1.29, 1.82) is 0 Å². The second-order valence-corrected chi connectivity index (χ2v) is 5.35. The molecule has 19 heavy (non-hydrogen) atoms. The maximum Gasteiger partial charge on any atom is 0.304 e. The Labute approximate surface area is 114 Å². The van der Waals surface area contributed by atoms with Gasteiger partial charge in [0, 0.05) is 18.1 Å². The van der Waals surface area contributed by atoms with Gasteiger partial charge in [-0.2, -0.15) is 0 Å². The molecule has 1 saturated heterocycles. The van der Waals surface area contributed by atoms with Crippen LogP contribution in [0.1, 0.15) is 39.5 Å². The minimum Gasteiger partial charge on any atom is -0.481 e. The Bertz CT molecular complexity index is 320. The van der Waals surface area contributed by atoms with E-state index in [-0.39, 0.29) is 30.5 Å². The molecule has 0 aromatic heterocycles. The van der Waals surface area contributed by atoms with Gasteiger partial charge in [0.15, 0.2) is 0 Å². The molecule has 1 fully saturated rings. The van der Waals surface area contributed by atoms with Crippen molar-refractivity contribution in [1.82, 2.24) is 5.32 Å². The first kappa shape index (κ1) is 16.1. The molecule has 4 unspecified atom stereocenters. The van der Waals surface area contributed by atoms with Gasteiger partial charge in [-0.05, 0) is 25.7 Å². The van der Waals surface area contributed by atoms with Crippen LogP contribution in [-0.2, 0) is 4.79 Å². The Morgan fingerprint density at radius 2 is 2.26 bits per heavy atom. The second-order valence-electron chi connectivity index (χ2n) is 5.35. The highest BCUT2D eigenvalue weighted by atomic mass is 16.4. The Hall–Kier alpha value is -0.910. The van der Waals surface area contributed by atoms with Crippen LogP contribution in [0.4, 0.5) is 0 Å². The topological polar surface area (TPSA) is 95.6 Å². The molecule has 1 aliphatic heterocycles. The van der Waals surface area contributed by atoms with Crippen molar-refractivity contribution in [3.05, 3.63) is 12.2 Å². The van der Waals surface area contributed by atoms with Crippen LogP contribution in [0.5, 0.6) is 0 Å². The van der Waals surface area contributed by atoms with E-state index in [0.717, 1.165) is 12.8 Å². The van der Waals surface area contributed by atoms with E-state index in [1.807, 2.05) is 19.9 Å². The van der Waals surface area contributed by atoms with Gasteiger partial charge in [-0.15, -0.1) is 0 Å². The maximum absolute atomic E-state index is 10.8. The predicted molar refractivity (Wildman–Crippen MR) is 74.8 cm³/mol. The van der Waals surface area contributed by atoms with E-state index in [4.69, 9.17) is 10.8 Å². The van der Waals surface area contributed by atoms with E-state index >= 15 is 0 Å². The lowest BCUT2D eigenvalue weighted by Crippen LogP contribution is -2.52. The Kier molecular flexibility index (Phi) is 6.48. The van der Waals surface area contributed by atoms with Gasteiger partial charge in [0.1, 0.15) is 0 Å². The van der Waals surface area contributed by atoms with E-state index in [1.54, 1.807) is 0 Å². The number of nitrogens with two attached hydrogens (primary N) is 1. The quantitative estimate of drug-likeness (QED) is 0.515. The third-order valence-corrected chi connectivity index (χ3v) is 3.75. The number of rotatable bonds is 7. The molecule has 0 amide bonds. The Morgan fingerprint density at radius 1 is 1.58 bits per heavy atom. The molecular weight excluding hydrogens is 244 g/mol. The lowest BCUT2D eigenvalue weighted by Gasteiger charge is -2.28.